The molecular weight excluding hydrogens is 422 g/mol. The third kappa shape index (κ3) is 3.66. The third-order valence-corrected chi connectivity index (χ3v) is 5.72. The van der Waals surface area contributed by atoms with Crippen molar-refractivity contribution in [3.63, 3.8) is 0 Å². The smallest absolute Gasteiger partial charge is 0.406 e. The molecule has 0 spiro atoms. The van der Waals surface area contributed by atoms with Crippen LogP contribution >= 0.6 is 0 Å². The Kier molecular flexibility index (Phi) is 5.00. The molecule has 0 saturated heterocycles. The summed E-state index contributed by atoms with van der Waals surface area (Å²) in [7, 11) is 0. The zero-order valence-electron chi connectivity index (χ0n) is 16.7. The molecule has 1 aliphatic rings. The minimum atomic E-state index is -0.684. The van der Waals surface area contributed by atoms with Gasteiger partial charge >= 0.3 is 5.76 Å². The van der Waals surface area contributed by atoms with E-state index in [0.29, 0.717) is 36.8 Å². The monoisotopic (exact) mass is 440 g/mol. The second-order valence-electron chi connectivity index (χ2n) is 7.69. The maximum atomic E-state index is 13.9. The second kappa shape index (κ2) is 7.98. The summed E-state index contributed by atoms with van der Waals surface area (Å²) < 4.78 is 34.2. The Morgan fingerprint density at radius 3 is 2.75 bits per heavy atom. The Morgan fingerprint density at radius 1 is 1.12 bits per heavy atom. The first-order valence-corrected chi connectivity index (χ1v) is 10.1. The van der Waals surface area contributed by atoms with Crippen LogP contribution in [0.15, 0.2) is 52.1 Å². The number of halogens is 2. The molecule has 1 amide bonds. The molecule has 1 aliphatic carbocycles. The first-order valence-electron chi connectivity index (χ1n) is 10.1. The molecule has 0 atom stereocenters. The van der Waals surface area contributed by atoms with E-state index in [2.05, 4.69) is 20.5 Å². The molecule has 1 N–H and O–H groups in total. The van der Waals surface area contributed by atoms with E-state index in [9.17, 15) is 18.4 Å². The number of carbonyl (C=O) groups excluding carboxylic acids is 1. The quantitative estimate of drug-likeness (QED) is 0.522. The molecule has 1 fully saturated rings. The average molecular weight is 440 g/mol. The average Bonchev–Trinajstić information content (AvgIpc) is 3.39. The molecule has 0 unspecified atom stereocenters. The van der Waals surface area contributed by atoms with Gasteiger partial charge in [-0.2, -0.15) is 5.10 Å². The number of hydrogen-bond acceptors (Lipinski definition) is 6. The van der Waals surface area contributed by atoms with E-state index in [0.717, 1.165) is 23.0 Å². The fourth-order valence-electron chi connectivity index (χ4n) is 4.14. The van der Waals surface area contributed by atoms with Crippen molar-refractivity contribution in [2.75, 3.05) is 5.32 Å². The topological polar surface area (TPSA) is 108 Å². The van der Waals surface area contributed by atoms with Crippen LogP contribution in [0.3, 0.4) is 0 Å². The number of pyridine rings is 1. The summed E-state index contributed by atoms with van der Waals surface area (Å²) in [5.41, 5.74) is 0.980. The van der Waals surface area contributed by atoms with Crippen molar-refractivity contribution in [1.82, 2.24) is 24.5 Å². The first-order chi connectivity index (χ1) is 15.5. The molecule has 0 radical (unpaired) electrons. The van der Waals surface area contributed by atoms with Crippen molar-refractivity contribution < 1.29 is 18.0 Å². The van der Waals surface area contributed by atoms with Crippen molar-refractivity contribution in [1.29, 1.82) is 0 Å². The van der Waals surface area contributed by atoms with Gasteiger partial charge in [0.05, 0.1) is 17.9 Å². The maximum absolute atomic E-state index is 13.9. The number of anilines is 1. The van der Waals surface area contributed by atoms with Crippen molar-refractivity contribution in [3.05, 3.63) is 65.0 Å². The van der Waals surface area contributed by atoms with Gasteiger partial charge < -0.3 is 9.73 Å². The molecule has 1 aromatic carbocycles. The van der Waals surface area contributed by atoms with Crippen LogP contribution in [-0.4, -0.2) is 30.5 Å². The number of fused-ring (bicyclic) bond motifs is 1. The highest BCUT2D eigenvalue weighted by atomic mass is 19.1. The first kappa shape index (κ1) is 20.0. The molecule has 32 heavy (non-hydrogen) atoms. The van der Waals surface area contributed by atoms with Gasteiger partial charge in [0.1, 0.15) is 11.5 Å². The van der Waals surface area contributed by atoms with Crippen molar-refractivity contribution in [2.24, 2.45) is 5.92 Å². The van der Waals surface area contributed by atoms with Gasteiger partial charge in [-0.25, -0.2) is 13.6 Å². The predicted octanol–water partition coefficient (Wildman–Crippen LogP) is 3.22. The fourth-order valence-corrected chi connectivity index (χ4v) is 4.14. The van der Waals surface area contributed by atoms with Gasteiger partial charge in [0.25, 0.3) is 0 Å². The zero-order valence-corrected chi connectivity index (χ0v) is 16.7. The van der Waals surface area contributed by atoms with Gasteiger partial charge in [0.15, 0.2) is 17.2 Å². The Labute approximate surface area is 179 Å². The lowest BCUT2D eigenvalue weighted by molar-refractivity contribution is -0.121. The highest BCUT2D eigenvalue weighted by Crippen LogP contribution is 2.33. The largest absolute Gasteiger partial charge is 0.420 e. The summed E-state index contributed by atoms with van der Waals surface area (Å²) in [6.07, 6.45) is 6.82. The van der Waals surface area contributed by atoms with Gasteiger partial charge in [0, 0.05) is 24.2 Å². The molecule has 3 aromatic heterocycles. The number of rotatable bonds is 4. The predicted molar refractivity (Wildman–Crippen MR) is 109 cm³/mol. The summed E-state index contributed by atoms with van der Waals surface area (Å²) in [6, 6.07) is 4.63. The standard InChI is InChI=1S/C21H18F2N6O3/c22-13-3-6-15(23)17(9-13)29-25-11-19(27-29)26-20(30)12-1-4-14(5-2-12)28-16-7-8-24-10-18(16)32-21(28)31/h3,6-12,14H,1-2,4-5H2,(H,26,27,30). The lowest BCUT2D eigenvalue weighted by Gasteiger charge is -2.27. The summed E-state index contributed by atoms with van der Waals surface area (Å²) in [6.45, 7) is 0. The van der Waals surface area contributed by atoms with Crippen LogP contribution in [-0.2, 0) is 4.79 Å². The molecule has 9 nitrogen and oxygen atoms in total. The molecule has 1 saturated carbocycles. The summed E-state index contributed by atoms with van der Waals surface area (Å²) >= 11 is 0. The maximum Gasteiger partial charge on any atom is 0.420 e. The molecule has 0 aliphatic heterocycles. The molecule has 3 heterocycles. The van der Waals surface area contributed by atoms with Gasteiger partial charge in [-0.15, -0.1) is 9.90 Å². The Morgan fingerprint density at radius 2 is 1.94 bits per heavy atom. The summed E-state index contributed by atoms with van der Waals surface area (Å²) in [5.74, 6) is -2.09. The minimum Gasteiger partial charge on any atom is -0.406 e. The highest BCUT2D eigenvalue weighted by molar-refractivity contribution is 5.91. The zero-order chi connectivity index (χ0) is 22.2. The lowest BCUT2D eigenvalue weighted by atomic mass is 9.85. The molecular formula is C21H18F2N6O3. The third-order valence-electron chi connectivity index (χ3n) is 5.72. The van der Waals surface area contributed by atoms with Crippen LogP contribution in [0.4, 0.5) is 14.6 Å². The molecule has 164 valence electrons. The summed E-state index contributed by atoms with van der Waals surface area (Å²) in [5, 5.41) is 10.6. The van der Waals surface area contributed by atoms with Gasteiger partial charge in [-0.1, -0.05) is 0 Å². The van der Waals surface area contributed by atoms with Crippen LogP contribution in [0.1, 0.15) is 31.7 Å². The van der Waals surface area contributed by atoms with Gasteiger partial charge in [-0.3, -0.25) is 14.3 Å². The number of aromatic nitrogens is 5. The van der Waals surface area contributed by atoms with Crippen LogP contribution in [0.5, 0.6) is 0 Å². The van der Waals surface area contributed by atoms with Crippen LogP contribution in [0, 0.1) is 17.6 Å². The summed E-state index contributed by atoms with van der Waals surface area (Å²) in [4.78, 5) is 29.9. The van der Waals surface area contributed by atoms with E-state index in [1.165, 1.54) is 12.4 Å². The number of benzene rings is 1. The van der Waals surface area contributed by atoms with Gasteiger partial charge in [0.2, 0.25) is 5.91 Å². The lowest BCUT2D eigenvalue weighted by Crippen LogP contribution is -2.30. The van der Waals surface area contributed by atoms with Crippen LogP contribution < -0.4 is 11.1 Å². The highest BCUT2D eigenvalue weighted by Gasteiger charge is 2.29. The Balaban J connectivity index is 1.25. The van der Waals surface area contributed by atoms with Gasteiger partial charge in [-0.05, 0) is 43.9 Å². The van der Waals surface area contributed by atoms with Crippen LogP contribution in [0.2, 0.25) is 0 Å². The Hall–Kier alpha value is -3.89. The SMILES string of the molecule is O=C(Nc1cnn(-c2cc(F)ccc2F)n1)C1CCC(n2c(=O)oc3cnccc32)CC1. The Bertz CT molecular complexity index is 1350. The second-order valence-corrected chi connectivity index (χ2v) is 7.69. The number of carbonyl (C=O) groups is 1. The van der Waals surface area contributed by atoms with Crippen molar-refractivity contribution in [2.45, 2.75) is 31.7 Å². The van der Waals surface area contributed by atoms with E-state index in [1.807, 2.05) is 0 Å². The molecule has 4 aromatic rings. The molecule has 5 rings (SSSR count). The normalized spacial score (nSPS) is 18.7. The van der Waals surface area contributed by atoms with E-state index < -0.39 is 17.4 Å². The number of oxazole rings is 1. The molecule has 0 bridgehead atoms. The van der Waals surface area contributed by atoms with E-state index in [-0.39, 0.29) is 29.4 Å². The number of amides is 1. The van der Waals surface area contributed by atoms with Crippen LogP contribution in [0.25, 0.3) is 16.8 Å². The number of nitrogens with zero attached hydrogens (tertiary/aromatic N) is 5. The van der Waals surface area contributed by atoms with Crippen molar-refractivity contribution >= 4 is 22.8 Å². The van der Waals surface area contributed by atoms with E-state index >= 15 is 0 Å². The fraction of sp³-hybridized carbons (Fsp3) is 0.286. The molecule has 11 heteroatoms. The minimum absolute atomic E-state index is 0.0629. The number of nitrogens with one attached hydrogen (secondary N) is 1. The number of hydrogen-bond donors (Lipinski definition) is 1. The van der Waals surface area contributed by atoms with E-state index in [1.54, 1.807) is 16.8 Å². The van der Waals surface area contributed by atoms with Crippen molar-refractivity contribution in [3.8, 4) is 5.69 Å². The van der Waals surface area contributed by atoms with E-state index in [4.69, 9.17) is 4.42 Å².